The van der Waals surface area contributed by atoms with E-state index in [0.717, 1.165) is 19.4 Å². The van der Waals surface area contributed by atoms with Crippen LogP contribution in [0.15, 0.2) is 24.3 Å². The molecule has 0 amide bonds. The third-order valence-electron chi connectivity index (χ3n) is 3.01. The zero-order valence-corrected chi connectivity index (χ0v) is 10.7. The maximum Gasteiger partial charge on any atom is 0.0548 e. The van der Waals surface area contributed by atoms with E-state index in [4.69, 9.17) is 4.74 Å². The Labute approximate surface area is 104 Å². The lowest BCUT2D eigenvalue weighted by Gasteiger charge is -2.24. The quantitative estimate of drug-likeness (QED) is 0.866. The number of hydrogen-bond acceptors (Lipinski definition) is 2. The van der Waals surface area contributed by atoms with E-state index in [1.807, 2.05) is 0 Å². The van der Waals surface area contributed by atoms with E-state index in [1.165, 1.54) is 9.13 Å². The summed E-state index contributed by atoms with van der Waals surface area (Å²) >= 11 is 2.30. The molecule has 0 bridgehead atoms. The van der Waals surface area contributed by atoms with E-state index in [1.54, 1.807) is 0 Å². The Bertz CT molecular complexity index is 315. The summed E-state index contributed by atoms with van der Waals surface area (Å²) in [5.74, 6) is 0. The molecule has 0 aliphatic carbocycles. The van der Waals surface area contributed by atoms with E-state index in [2.05, 4.69) is 46.9 Å². The summed E-state index contributed by atoms with van der Waals surface area (Å²) in [6.07, 6.45) is 1.88. The molecule has 0 radical (unpaired) electrons. The molecule has 2 rings (SSSR count). The molecule has 1 aromatic rings. The van der Waals surface area contributed by atoms with E-state index in [-0.39, 0.29) is 12.0 Å². The van der Waals surface area contributed by atoms with Crippen LogP contribution in [-0.4, -0.2) is 24.9 Å². The largest absolute Gasteiger partial charge is 0.396 e. The highest BCUT2D eigenvalue weighted by atomic mass is 127. The summed E-state index contributed by atoms with van der Waals surface area (Å²) in [7, 11) is 0. The summed E-state index contributed by atoms with van der Waals surface area (Å²) < 4.78 is 6.63. The van der Waals surface area contributed by atoms with Gasteiger partial charge in [-0.15, -0.1) is 0 Å². The molecule has 1 N–H and O–H groups in total. The highest BCUT2D eigenvalue weighted by Gasteiger charge is 2.34. The smallest absolute Gasteiger partial charge is 0.0548 e. The van der Waals surface area contributed by atoms with Gasteiger partial charge in [0, 0.05) is 15.6 Å². The molecule has 1 aliphatic heterocycles. The van der Waals surface area contributed by atoms with Crippen LogP contribution in [0.5, 0.6) is 0 Å². The Hall–Kier alpha value is -0.130. The van der Waals surface area contributed by atoms with Crippen molar-refractivity contribution in [1.82, 2.24) is 0 Å². The second-order valence-corrected chi connectivity index (χ2v) is 5.51. The number of aliphatic hydroxyl groups is 1. The molecule has 1 heterocycles. The molecule has 3 heteroatoms. The van der Waals surface area contributed by atoms with Gasteiger partial charge in [0.15, 0.2) is 0 Å². The topological polar surface area (TPSA) is 29.5 Å². The van der Waals surface area contributed by atoms with Crippen molar-refractivity contribution >= 4 is 22.6 Å². The molecule has 0 spiro atoms. The molecule has 1 unspecified atom stereocenters. The first kappa shape index (κ1) is 11.4. The zero-order chi connectivity index (χ0) is 10.7. The van der Waals surface area contributed by atoms with Crippen LogP contribution in [-0.2, 0) is 11.2 Å². The molecular weight excluding hydrogens is 303 g/mol. The standard InChI is InChI=1S/C12H15IO2/c13-11-3-1-10(2-4-11)7-12(8-14)5-6-15-9-12/h1-4,14H,5-9H2. The lowest BCUT2D eigenvalue weighted by atomic mass is 9.82. The van der Waals surface area contributed by atoms with Gasteiger partial charge in [-0.05, 0) is 53.1 Å². The normalized spacial score (nSPS) is 25.7. The van der Waals surface area contributed by atoms with Crippen molar-refractivity contribution in [3.63, 3.8) is 0 Å². The third kappa shape index (κ3) is 2.71. The first-order valence-corrected chi connectivity index (χ1v) is 6.25. The molecule has 0 aromatic heterocycles. The minimum atomic E-state index is -0.0349. The Morgan fingerprint density at radius 1 is 1.33 bits per heavy atom. The minimum Gasteiger partial charge on any atom is -0.396 e. The second-order valence-electron chi connectivity index (χ2n) is 4.26. The minimum absolute atomic E-state index is 0.0349. The van der Waals surface area contributed by atoms with Crippen molar-refractivity contribution in [3.05, 3.63) is 33.4 Å². The summed E-state index contributed by atoms with van der Waals surface area (Å²) in [5.41, 5.74) is 1.25. The number of benzene rings is 1. The van der Waals surface area contributed by atoms with Gasteiger partial charge in [0.2, 0.25) is 0 Å². The van der Waals surface area contributed by atoms with E-state index in [0.29, 0.717) is 6.61 Å². The van der Waals surface area contributed by atoms with E-state index < -0.39 is 0 Å². The Morgan fingerprint density at radius 3 is 2.60 bits per heavy atom. The average molecular weight is 318 g/mol. The highest BCUT2D eigenvalue weighted by molar-refractivity contribution is 14.1. The van der Waals surface area contributed by atoms with Gasteiger partial charge in [-0.25, -0.2) is 0 Å². The van der Waals surface area contributed by atoms with Gasteiger partial charge >= 0.3 is 0 Å². The van der Waals surface area contributed by atoms with Gasteiger partial charge in [-0.1, -0.05) is 12.1 Å². The number of aliphatic hydroxyl groups excluding tert-OH is 1. The third-order valence-corrected chi connectivity index (χ3v) is 3.73. The summed E-state index contributed by atoms with van der Waals surface area (Å²) in [5, 5.41) is 9.45. The van der Waals surface area contributed by atoms with Crippen LogP contribution in [0.1, 0.15) is 12.0 Å². The molecule has 1 aliphatic rings. The highest BCUT2D eigenvalue weighted by Crippen LogP contribution is 2.32. The zero-order valence-electron chi connectivity index (χ0n) is 8.58. The molecule has 1 fully saturated rings. The summed E-state index contributed by atoms with van der Waals surface area (Å²) in [6.45, 7) is 1.69. The van der Waals surface area contributed by atoms with Gasteiger partial charge < -0.3 is 9.84 Å². The fourth-order valence-corrected chi connectivity index (χ4v) is 2.36. The summed E-state index contributed by atoms with van der Waals surface area (Å²) in [4.78, 5) is 0. The number of halogens is 1. The molecule has 1 atom stereocenters. The van der Waals surface area contributed by atoms with Gasteiger partial charge in [-0.3, -0.25) is 0 Å². The van der Waals surface area contributed by atoms with E-state index >= 15 is 0 Å². The molecular formula is C12H15IO2. The maximum atomic E-state index is 9.45. The predicted molar refractivity (Wildman–Crippen MR) is 67.8 cm³/mol. The van der Waals surface area contributed by atoms with Gasteiger partial charge in [0.05, 0.1) is 13.2 Å². The van der Waals surface area contributed by atoms with E-state index in [9.17, 15) is 5.11 Å². The fourth-order valence-electron chi connectivity index (χ4n) is 2.00. The fraction of sp³-hybridized carbons (Fsp3) is 0.500. The molecule has 1 saturated heterocycles. The molecule has 1 aromatic carbocycles. The lowest BCUT2D eigenvalue weighted by Crippen LogP contribution is -2.28. The number of ether oxygens (including phenoxy) is 1. The van der Waals surface area contributed by atoms with Crippen LogP contribution in [0.3, 0.4) is 0 Å². The van der Waals surface area contributed by atoms with Crippen molar-refractivity contribution in [2.45, 2.75) is 12.8 Å². The van der Waals surface area contributed by atoms with Crippen molar-refractivity contribution in [1.29, 1.82) is 0 Å². The van der Waals surface area contributed by atoms with Gasteiger partial charge in [0.1, 0.15) is 0 Å². The van der Waals surface area contributed by atoms with Crippen molar-refractivity contribution < 1.29 is 9.84 Å². The second kappa shape index (κ2) is 4.80. The van der Waals surface area contributed by atoms with Crippen molar-refractivity contribution in [2.24, 2.45) is 5.41 Å². The van der Waals surface area contributed by atoms with Crippen LogP contribution in [0.4, 0.5) is 0 Å². The molecule has 2 nitrogen and oxygen atoms in total. The van der Waals surface area contributed by atoms with Crippen LogP contribution < -0.4 is 0 Å². The Morgan fingerprint density at radius 2 is 2.07 bits per heavy atom. The van der Waals surface area contributed by atoms with Gasteiger partial charge in [-0.2, -0.15) is 0 Å². The predicted octanol–water partition coefficient (Wildman–Crippen LogP) is 2.23. The molecule has 82 valence electrons. The van der Waals surface area contributed by atoms with Crippen LogP contribution in [0.2, 0.25) is 0 Å². The number of hydrogen-bond donors (Lipinski definition) is 1. The SMILES string of the molecule is OCC1(Cc2ccc(I)cc2)CCOC1. The first-order chi connectivity index (χ1) is 7.24. The lowest BCUT2D eigenvalue weighted by molar-refractivity contribution is 0.0935. The summed E-state index contributed by atoms with van der Waals surface area (Å²) in [6, 6.07) is 8.49. The Kier molecular flexibility index (Phi) is 3.64. The van der Waals surface area contributed by atoms with Crippen molar-refractivity contribution in [2.75, 3.05) is 19.8 Å². The van der Waals surface area contributed by atoms with Crippen LogP contribution in [0, 0.1) is 8.99 Å². The Balaban J connectivity index is 2.09. The van der Waals surface area contributed by atoms with Gasteiger partial charge in [0.25, 0.3) is 0 Å². The van der Waals surface area contributed by atoms with Crippen LogP contribution >= 0.6 is 22.6 Å². The average Bonchev–Trinajstić information content (AvgIpc) is 2.71. The van der Waals surface area contributed by atoms with Crippen LogP contribution in [0.25, 0.3) is 0 Å². The molecule has 0 saturated carbocycles. The number of rotatable bonds is 3. The first-order valence-electron chi connectivity index (χ1n) is 5.17. The molecule has 15 heavy (non-hydrogen) atoms. The van der Waals surface area contributed by atoms with Crippen molar-refractivity contribution in [3.8, 4) is 0 Å². The monoisotopic (exact) mass is 318 g/mol. The maximum absolute atomic E-state index is 9.45.